The SMILES string of the molecule is CCCn1c(N)c(C(=O)C[NH2+][C@@H](c2ccc(C)cc2)c2cccs2)c(=O)[nH]c1=O. The molecule has 0 saturated heterocycles. The van der Waals surface area contributed by atoms with E-state index in [1.807, 2.05) is 60.9 Å². The molecule has 7 nitrogen and oxygen atoms in total. The summed E-state index contributed by atoms with van der Waals surface area (Å²) in [6.07, 6.45) is 0.657. The Hall–Kier alpha value is -2.97. The fourth-order valence-corrected chi connectivity index (χ4v) is 4.14. The molecule has 1 atom stereocenters. The zero-order valence-corrected chi connectivity index (χ0v) is 17.3. The topological polar surface area (TPSA) is 115 Å². The van der Waals surface area contributed by atoms with Crippen LogP contribution in [-0.2, 0) is 6.54 Å². The molecule has 2 aromatic heterocycles. The lowest BCUT2D eigenvalue weighted by Gasteiger charge is -2.15. The molecule has 0 bridgehead atoms. The summed E-state index contributed by atoms with van der Waals surface area (Å²) >= 11 is 1.61. The van der Waals surface area contributed by atoms with Gasteiger partial charge in [-0.05, 0) is 24.8 Å². The molecule has 0 fully saturated rings. The number of anilines is 1. The number of quaternary nitrogens is 1. The fraction of sp³-hybridized carbons (Fsp3) is 0.286. The second-order valence-electron chi connectivity index (χ2n) is 6.94. The van der Waals surface area contributed by atoms with E-state index in [9.17, 15) is 14.4 Å². The first-order chi connectivity index (χ1) is 13.9. The summed E-state index contributed by atoms with van der Waals surface area (Å²) in [6.45, 7) is 4.29. The first-order valence-electron chi connectivity index (χ1n) is 9.51. The van der Waals surface area contributed by atoms with Crippen LogP contribution in [0.5, 0.6) is 0 Å². The number of benzene rings is 1. The number of aromatic amines is 1. The van der Waals surface area contributed by atoms with Crippen LogP contribution < -0.4 is 22.3 Å². The average Bonchev–Trinajstić information content (AvgIpc) is 3.21. The number of aromatic nitrogens is 2. The summed E-state index contributed by atoms with van der Waals surface area (Å²) in [5.41, 5.74) is 6.77. The molecule has 0 spiro atoms. The summed E-state index contributed by atoms with van der Waals surface area (Å²) < 4.78 is 1.24. The van der Waals surface area contributed by atoms with Crippen LogP contribution in [0.4, 0.5) is 5.82 Å². The Morgan fingerprint density at radius 3 is 2.59 bits per heavy atom. The van der Waals surface area contributed by atoms with Crippen LogP contribution in [0.15, 0.2) is 51.4 Å². The van der Waals surface area contributed by atoms with Gasteiger partial charge < -0.3 is 11.1 Å². The van der Waals surface area contributed by atoms with Crippen LogP contribution in [0.1, 0.15) is 45.7 Å². The summed E-state index contributed by atoms with van der Waals surface area (Å²) in [4.78, 5) is 40.4. The Labute approximate surface area is 172 Å². The number of H-pyrrole nitrogens is 1. The number of hydrogen-bond donors (Lipinski definition) is 3. The number of nitrogen functional groups attached to an aromatic ring is 1. The van der Waals surface area contributed by atoms with E-state index >= 15 is 0 Å². The predicted octanol–water partition coefficient (Wildman–Crippen LogP) is 1.43. The summed E-state index contributed by atoms with van der Waals surface area (Å²) in [5, 5.41) is 3.89. The number of rotatable bonds is 8. The Bertz CT molecular complexity index is 1100. The van der Waals surface area contributed by atoms with Gasteiger partial charge in [0.2, 0.25) is 5.78 Å². The smallest absolute Gasteiger partial charge is 0.329 e. The van der Waals surface area contributed by atoms with E-state index in [1.165, 1.54) is 4.57 Å². The first-order valence-corrected chi connectivity index (χ1v) is 10.4. The molecule has 0 radical (unpaired) electrons. The predicted molar refractivity (Wildman–Crippen MR) is 114 cm³/mol. The Morgan fingerprint density at radius 2 is 1.97 bits per heavy atom. The van der Waals surface area contributed by atoms with Crippen molar-refractivity contribution in [2.24, 2.45) is 0 Å². The molecule has 0 aliphatic rings. The van der Waals surface area contributed by atoms with Crippen molar-refractivity contribution in [3.8, 4) is 0 Å². The van der Waals surface area contributed by atoms with E-state index in [1.54, 1.807) is 11.3 Å². The summed E-state index contributed by atoms with van der Waals surface area (Å²) in [5.74, 6) is -0.468. The van der Waals surface area contributed by atoms with Crippen LogP contribution in [0.3, 0.4) is 0 Å². The van der Waals surface area contributed by atoms with Crippen LogP contribution in [0.25, 0.3) is 0 Å². The van der Waals surface area contributed by atoms with Gasteiger partial charge in [0.05, 0.1) is 4.88 Å². The number of nitrogens with zero attached hydrogens (tertiary/aromatic N) is 1. The quantitative estimate of drug-likeness (QED) is 0.485. The van der Waals surface area contributed by atoms with E-state index < -0.39 is 17.0 Å². The van der Waals surface area contributed by atoms with E-state index in [-0.39, 0.29) is 24.0 Å². The number of hydrogen-bond acceptors (Lipinski definition) is 5. The number of thiophene rings is 1. The maximum Gasteiger partial charge on any atom is 0.329 e. The van der Waals surface area contributed by atoms with E-state index in [0.29, 0.717) is 13.0 Å². The Kier molecular flexibility index (Phi) is 6.46. The molecule has 1 aromatic carbocycles. The molecule has 3 rings (SSSR count). The van der Waals surface area contributed by atoms with Gasteiger partial charge in [0.1, 0.15) is 24.0 Å². The van der Waals surface area contributed by atoms with E-state index in [2.05, 4.69) is 4.98 Å². The Balaban J connectivity index is 1.88. The lowest BCUT2D eigenvalue weighted by Crippen LogP contribution is -2.87. The maximum absolute atomic E-state index is 12.9. The highest BCUT2D eigenvalue weighted by Gasteiger charge is 2.24. The standard InChI is InChI=1S/C21H24N4O3S/c1-3-10-25-19(22)17(20(27)24-21(25)28)15(26)12-23-18(16-5-4-11-29-16)14-8-6-13(2)7-9-14/h4-9,11,18,23H,3,10,12,22H2,1-2H3,(H,24,27,28)/p+1/t18-/m0/s1. The molecule has 0 aliphatic carbocycles. The van der Waals surface area contributed by atoms with Crippen molar-refractivity contribution in [1.82, 2.24) is 9.55 Å². The van der Waals surface area contributed by atoms with Crippen molar-refractivity contribution in [3.05, 3.63) is 84.2 Å². The fourth-order valence-electron chi connectivity index (χ4n) is 3.29. The number of ketones is 1. The molecule has 0 amide bonds. The van der Waals surface area contributed by atoms with Crippen molar-refractivity contribution in [2.75, 3.05) is 12.3 Å². The lowest BCUT2D eigenvalue weighted by molar-refractivity contribution is -0.675. The van der Waals surface area contributed by atoms with Gasteiger partial charge in [-0.25, -0.2) is 4.79 Å². The van der Waals surface area contributed by atoms with Gasteiger partial charge in [0.25, 0.3) is 5.56 Å². The third-order valence-corrected chi connectivity index (χ3v) is 5.75. The van der Waals surface area contributed by atoms with Crippen molar-refractivity contribution >= 4 is 22.9 Å². The van der Waals surface area contributed by atoms with Crippen LogP contribution in [-0.4, -0.2) is 21.9 Å². The van der Waals surface area contributed by atoms with Crippen molar-refractivity contribution in [3.63, 3.8) is 0 Å². The molecule has 5 N–H and O–H groups in total. The number of nitrogens with one attached hydrogen (secondary N) is 1. The molecule has 0 unspecified atom stereocenters. The zero-order chi connectivity index (χ0) is 21.0. The molecule has 29 heavy (non-hydrogen) atoms. The highest BCUT2D eigenvalue weighted by molar-refractivity contribution is 7.10. The van der Waals surface area contributed by atoms with Gasteiger partial charge in [-0.3, -0.25) is 19.1 Å². The monoisotopic (exact) mass is 413 g/mol. The second kappa shape index (κ2) is 9.02. The number of carbonyl (C=O) groups is 1. The minimum atomic E-state index is -0.735. The van der Waals surface area contributed by atoms with Gasteiger partial charge in [-0.15, -0.1) is 11.3 Å². The molecule has 2 heterocycles. The highest BCUT2D eigenvalue weighted by Crippen LogP contribution is 2.23. The third kappa shape index (κ3) is 4.55. The van der Waals surface area contributed by atoms with E-state index in [4.69, 9.17) is 5.73 Å². The van der Waals surface area contributed by atoms with Crippen molar-refractivity contribution in [1.29, 1.82) is 0 Å². The van der Waals surface area contributed by atoms with Gasteiger partial charge in [-0.2, -0.15) is 0 Å². The number of aryl methyl sites for hydroxylation is 1. The van der Waals surface area contributed by atoms with Crippen LogP contribution in [0.2, 0.25) is 0 Å². The van der Waals surface area contributed by atoms with Gasteiger partial charge in [-0.1, -0.05) is 42.8 Å². The normalized spacial score (nSPS) is 12.1. The third-order valence-electron chi connectivity index (χ3n) is 4.79. The maximum atomic E-state index is 12.9. The first kappa shape index (κ1) is 20.8. The molecule has 3 aromatic rings. The molecule has 152 valence electrons. The average molecular weight is 414 g/mol. The lowest BCUT2D eigenvalue weighted by atomic mass is 10.0. The molecule has 0 saturated carbocycles. The Morgan fingerprint density at radius 1 is 1.24 bits per heavy atom. The van der Waals surface area contributed by atoms with Gasteiger partial charge >= 0.3 is 5.69 Å². The van der Waals surface area contributed by atoms with Crippen molar-refractivity contribution < 1.29 is 10.1 Å². The highest BCUT2D eigenvalue weighted by atomic mass is 32.1. The van der Waals surface area contributed by atoms with Gasteiger partial charge in [0.15, 0.2) is 0 Å². The zero-order valence-electron chi connectivity index (χ0n) is 16.5. The van der Waals surface area contributed by atoms with Crippen LogP contribution >= 0.6 is 11.3 Å². The number of Topliss-reactive ketones (excluding diaryl/α,β-unsaturated/α-hetero) is 1. The van der Waals surface area contributed by atoms with E-state index in [0.717, 1.165) is 16.0 Å². The number of carbonyl (C=O) groups excluding carboxylic acids is 1. The minimum absolute atomic E-state index is 0.0358. The second-order valence-corrected chi connectivity index (χ2v) is 7.92. The molecule has 0 aliphatic heterocycles. The number of nitrogens with two attached hydrogens (primary N) is 2. The summed E-state index contributed by atoms with van der Waals surface area (Å²) in [6, 6.07) is 12.1. The van der Waals surface area contributed by atoms with Gasteiger partial charge in [0, 0.05) is 12.1 Å². The largest absolute Gasteiger partial charge is 0.384 e. The molecular weight excluding hydrogens is 388 g/mol. The minimum Gasteiger partial charge on any atom is -0.384 e. The van der Waals surface area contributed by atoms with Crippen molar-refractivity contribution in [2.45, 2.75) is 32.9 Å². The van der Waals surface area contributed by atoms with Crippen LogP contribution in [0, 0.1) is 6.92 Å². The summed E-state index contributed by atoms with van der Waals surface area (Å²) in [7, 11) is 0. The molecular formula is C21H25N4O3S+. The molecule has 8 heteroatoms.